The van der Waals surface area contributed by atoms with Gasteiger partial charge in [0.25, 0.3) is 5.89 Å². The monoisotopic (exact) mass is 268 g/mol. The molecular formula is C11H16N4O2S. The van der Waals surface area contributed by atoms with Crippen LogP contribution in [-0.4, -0.2) is 34.2 Å². The van der Waals surface area contributed by atoms with E-state index in [1.165, 1.54) is 0 Å². The Kier molecular flexibility index (Phi) is 4.40. The molecule has 2 rings (SSSR count). The zero-order chi connectivity index (χ0) is 13.0. The van der Waals surface area contributed by atoms with Crippen LogP contribution in [0.1, 0.15) is 29.7 Å². The van der Waals surface area contributed by atoms with Gasteiger partial charge in [-0.1, -0.05) is 5.16 Å². The maximum Gasteiger partial charge on any atom is 0.252 e. The Hall–Kier alpha value is -1.31. The van der Waals surface area contributed by atoms with E-state index >= 15 is 0 Å². The molecule has 0 aliphatic heterocycles. The topological polar surface area (TPSA) is 64.3 Å². The summed E-state index contributed by atoms with van der Waals surface area (Å²) >= 11 is 1.65. The predicted octanol–water partition coefficient (Wildman–Crippen LogP) is 1.87. The van der Waals surface area contributed by atoms with Crippen molar-refractivity contribution in [3.63, 3.8) is 0 Å². The lowest BCUT2D eigenvalue weighted by Gasteiger charge is -2.20. The molecule has 0 amide bonds. The van der Waals surface area contributed by atoms with Crippen LogP contribution in [0.5, 0.6) is 0 Å². The second kappa shape index (κ2) is 6.03. The van der Waals surface area contributed by atoms with Crippen molar-refractivity contribution in [3.8, 4) is 0 Å². The van der Waals surface area contributed by atoms with Crippen LogP contribution in [0, 0.1) is 0 Å². The van der Waals surface area contributed by atoms with E-state index in [2.05, 4.69) is 26.9 Å². The van der Waals surface area contributed by atoms with Gasteiger partial charge in [-0.25, -0.2) is 4.98 Å². The van der Waals surface area contributed by atoms with Gasteiger partial charge in [0.2, 0.25) is 0 Å². The highest BCUT2D eigenvalue weighted by Gasteiger charge is 2.16. The largest absolute Gasteiger partial charge is 0.375 e. The average molecular weight is 268 g/mol. The molecule has 1 atom stereocenters. The Balaban J connectivity index is 1.95. The predicted molar refractivity (Wildman–Crippen MR) is 67.0 cm³/mol. The summed E-state index contributed by atoms with van der Waals surface area (Å²) in [5, 5.41) is 6.97. The average Bonchev–Trinajstić information content (AvgIpc) is 3.00. The summed E-state index contributed by atoms with van der Waals surface area (Å²) < 4.78 is 9.98. The van der Waals surface area contributed by atoms with Gasteiger partial charge in [-0.15, -0.1) is 11.3 Å². The number of rotatable bonds is 6. The minimum Gasteiger partial charge on any atom is -0.375 e. The molecule has 18 heavy (non-hydrogen) atoms. The zero-order valence-electron chi connectivity index (χ0n) is 10.7. The van der Waals surface area contributed by atoms with Crippen molar-refractivity contribution in [1.82, 2.24) is 20.0 Å². The lowest BCUT2D eigenvalue weighted by atomic mass is 10.3. The number of ether oxygens (including phenoxy) is 1. The molecule has 6 nitrogen and oxygen atoms in total. The van der Waals surface area contributed by atoms with Crippen LogP contribution in [0.2, 0.25) is 0 Å². The Morgan fingerprint density at radius 1 is 1.56 bits per heavy atom. The molecular weight excluding hydrogens is 252 g/mol. The maximum atomic E-state index is 5.05. The molecule has 0 aliphatic carbocycles. The number of hydrogen-bond acceptors (Lipinski definition) is 7. The highest BCUT2D eigenvalue weighted by molar-refractivity contribution is 7.09. The minimum atomic E-state index is 0.231. The third-order valence-electron chi connectivity index (χ3n) is 2.64. The summed E-state index contributed by atoms with van der Waals surface area (Å²) in [5.41, 5.74) is 0. The summed E-state index contributed by atoms with van der Waals surface area (Å²) in [6, 6.07) is 0.231. The van der Waals surface area contributed by atoms with Crippen molar-refractivity contribution in [2.75, 3.05) is 14.2 Å². The molecule has 2 aromatic heterocycles. The normalized spacial score (nSPS) is 13.1. The summed E-state index contributed by atoms with van der Waals surface area (Å²) in [4.78, 5) is 10.7. The molecule has 7 heteroatoms. The Morgan fingerprint density at radius 3 is 3.06 bits per heavy atom. The van der Waals surface area contributed by atoms with Crippen molar-refractivity contribution in [1.29, 1.82) is 0 Å². The van der Waals surface area contributed by atoms with Gasteiger partial charge in [-0.2, -0.15) is 4.98 Å². The number of methoxy groups -OCH3 is 1. The second-order valence-electron chi connectivity index (χ2n) is 4.00. The smallest absolute Gasteiger partial charge is 0.252 e. The highest BCUT2D eigenvalue weighted by Crippen LogP contribution is 2.21. The lowest BCUT2D eigenvalue weighted by Crippen LogP contribution is -2.22. The van der Waals surface area contributed by atoms with Crippen molar-refractivity contribution >= 4 is 11.3 Å². The number of hydrogen-bond donors (Lipinski definition) is 0. The summed E-state index contributed by atoms with van der Waals surface area (Å²) in [7, 11) is 3.61. The van der Waals surface area contributed by atoms with E-state index in [4.69, 9.17) is 9.26 Å². The van der Waals surface area contributed by atoms with E-state index in [-0.39, 0.29) is 6.04 Å². The molecule has 0 bridgehead atoms. The van der Waals surface area contributed by atoms with Crippen LogP contribution in [0.25, 0.3) is 0 Å². The van der Waals surface area contributed by atoms with E-state index in [0.29, 0.717) is 24.9 Å². The second-order valence-corrected chi connectivity index (χ2v) is 4.92. The van der Waals surface area contributed by atoms with Gasteiger partial charge in [-0.05, 0) is 14.0 Å². The van der Waals surface area contributed by atoms with E-state index in [9.17, 15) is 0 Å². The van der Waals surface area contributed by atoms with E-state index in [1.807, 2.05) is 18.6 Å². The van der Waals surface area contributed by atoms with Crippen molar-refractivity contribution in [3.05, 3.63) is 28.3 Å². The molecule has 98 valence electrons. The first-order valence-electron chi connectivity index (χ1n) is 5.60. The van der Waals surface area contributed by atoms with E-state index in [0.717, 1.165) is 5.01 Å². The Labute approximate surface area is 110 Å². The first-order valence-corrected chi connectivity index (χ1v) is 6.48. The third-order valence-corrected chi connectivity index (χ3v) is 3.58. The SMILES string of the molecule is COCc1nc(CN(C)[C@@H](C)c2nccs2)no1. The number of thiazole rings is 1. The zero-order valence-corrected chi connectivity index (χ0v) is 11.5. The van der Waals surface area contributed by atoms with E-state index in [1.54, 1.807) is 18.4 Å². The van der Waals surface area contributed by atoms with Gasteiger partial charge >= 0.3 is 0 Å². The minimum absolute atomic E-state index is 0.231. The van der Waals surface area contributed by atoms with Gasteiger partial charge < -0.3 is 9.26 Å². The summed E-state index contributed by atoms with van der Waals surface area (Å²) in [6.07, 6.45) is 1.81. The molecule has 0 saturated heterocycles. The van der Waals surface area contributed by atoms with Crippen molar-refractivity contribution < 1.29 is 9.26 Å². The van der Waals surface area contributed by atoms with Gasteiger partial charge in [0, 0.05) is 18.7 Å². The van der Waals surface area contributed by atoms with Gasteiger partial charge in [0.15, 0.2) is 5.82 Å². The van der Waals surface area contributed by atoms with Crippen molar-refractivity contribution in [2.24, 2.45) is 0 Å². The molecule has 0 radical (unpaired) electrons. The van der Waals surface area contributed by atoms with Crippen LogP contribution < -0.4 is 0 Å². The fraction of sp³-hybridized carbons (Fsp3) is 0.545. The standard InChI is InChI=1S/C11H16N4O2S/c1-8(11-12-4-5-18-11)15(2)6-9-13-10(7-16-3)17-14-9/h4-5,8H,6-7H2,1-3H3/t8-/m0/s1. The van der Waals surface area contributed by atoms with E-state index < -0.39 is 0 Å². The van der Waals surface area contributed by atoms with Crippen LogP contribution in [-0.2, 0) is 17.9 Å². The fourth-order valence-corrected chi connectivity index (χ4v) is 2.29. The molecule has 0 unspecified atom stereocenters. The van der Waals surface area contributed by atoms with Crippen LogP contribution in [0.3, 0.4) is 0 Å². The Morgan fingerprint density at radius 2 is 2.39 bits per heavy atom. The Bertz CT molecular complexity index is 471. The highest BCUT2D eigenvalue weighted by atomic mass is 32.1. The summed E-state index contributed by atoms with van der Waals surface area (Å²) in [6.45, 7) is 3.07. The molecule has 0 N–H and O–H groups in total. The van der Waals surface area contributed by atoms with Crippen LogP contribution in [0.15, 0.2) is 16.1 Å². The molecule has 0 fully saturated rings. The molecule has 2 aromatic rings. The van der Waals surface area contributed by atoms with Crippen molar-refractivity contribution in [2.45, 2.75) is 26.1 Å². The maximum absolute atomic E-state index is 5.05. The van der Waals surface area contributed by atoms with Gasteiger partial charge in [-0.3, -0.25) is 4.90 Å². The number of aromatic nitrogens is 3. The van der Waals surface area contributed by atoms with Gasteiger partial charge in [0.1, 0.15) is 11.6 Å². The first kappa shape index (κ1) is 13.1. The summed E-state index contributed by atoms with van der Waals surface area (Å²) in [5.74, 6) is 1.16. The molecule has 0 spiro atoms. The first-order chi connectivity index (χ1) is 8.70. The fourth-order valence-electron chi connectivity index (χ4n) is 1.53. The number of nitrogens with zero attached hydrogens (tertiary/aromatic N) is 4. The molecule has 0 aliphatic rings. The van der Waals surface area contributed by atoms with Gasteiger partial charge in [0.05, 0.1) is 12.6 Å². The molecule has 2 heterocycles. The van der Waals surface area contributed by atoms with Crippen LogP contribution >= 0.6 is 11.3 Å². The molecule has 0 aromatic carbocycles. The molecule has 0 saturated carbocycles. The van der Waals surface area contributed by atoms with Crippen LogP contribution in [0.4, 0.5) is 0 Å². The third kappa shape index (κ3) is 3.12. The quantitative estimate of drug-likeness (QED) is 0.797. The lowest BCUT2D eigenvalue weighted by molar-refractivity contribution is 0.151.